The van der Waals surface area contributed by atoms with Gasteiger partial charge in [-0.1, -0.05) is 5.16 Å². The maximum atomic E-state index is 12.4. The first-order valence-electron chi connectivity index (χ1n) is 8.46. The lowest BCUT2D eigenvalue weighted by atomic mass is 10.1. The molecule has 0 saturated heterocycles. The Morgan fingerprint density at radius 1 is 1.22 bits per heavy atom. The zero-order valence-electron chi connectivity index (χ0n) is 14.6. The summed E-state index contributed by atoms with van der Waals surface area (Å²) in [6.45, 7) is 2.70. The number of benzene rings is 1. The van der Waals surface area contributed by atoms with Crippen LogP contribution < -0.4 is 19.5 Å². The van der Waals surface area contributed by atoms with E-state index in [1.54, 1.807) is 24.4 Å². The van der Waals surface area contributed by atoms with Crippen LogP contribution in [0.2, 0.25) is 0 Å². The number of fused-ring (bicyclic) bond motifs is 1. The number of nitrogens with one attached hydrogen (secondary N) is 1. The van der Waals surface area contributed by atoms with Crippen molar-refractivity contribution in [1.29, 1.82) is 0 Å². The fourth-order valence-corrected chi connectivity index (χ4v) is 2.66. The van der Waals surface area contributed by atoms with Crippen LogP contribution in [0.25, 0.3) is 11.3 Å². The second-order valence-electron chi connectivity index (χ2n) is 5.72. The number of carbonyl (C=O) groups excluding carboxylic acids is 1. The SMILES string of the molecule is CCOc1ncccc1C(=O)NCc1cc(-c2ccc3c(c2)OCO3)on1. The van der Waals surface area contributed by atoms with Gasteiger partial charge in [0.2, 0.25) is 12.7 Å². The summed E-state index contributed by atoms with van der Waals surface area (Å²) in [6, 6.07) is 10.6. The van der Waals surface area contributed by atoms with E-state index >= 15 is 0 Å². The van der Waals surface area contributed by atoms with Gasteiger partial charge in [-0.15, -0.1) is 0 Å². The summed E-state index contributed by atoms with van der Waals surface area (Å²) in [6.07, 6.45) is 1.58. The van der Waals surface area contributed by atoms with Gasteiger partial charge in [0.1, 0.15) is 11.3 Å². The second kappa shape index (κ2) is 7.36. The summed E-state index contributed by atoms with van der Waals surface area (Å²) in [5.41, 5.74) is 1.78. The predicted octanol–water partition coefficient (Wildman–Crippen LogP) is 2.79. The molecule has 8 nitrogen and oxygen atoms in total. The van der Waals surface area contributed by atoms with Crippen LogP contribution in [0.5, 0.6) is 17.4 Å². The number of hydrogen-bond donors (Lipinski definition) is 1. The molecule has 2 aromatic heterocycles. The Labute approximate surface area is 155 Å². The third kappa shape index (κ3) is 3.55. The number of ether oxygens (including phenoxy) is 3. The quantitative estimate of drug-likeness (QED) is 0.716. The average Bonchev–Trinajstić information content (AvgIpc) is 3.35. The van der Waals surface area contributed by atoms with Crippen molar-refractivity contribution in [2.45, 2.75) is 13.5 Å². The standard InChI is InChI=1S/C19H17N3O5/c1-2-24-19-14(4-3-7-20-19)18(23)21-10-13-9-16(27-22-13)12-5-6-15-17(8-12)26-11-25-15/h3-9H,2,10-11H2,1H3,(H,21,23). The van der Waals surface area contributed by atoms with Gasteiger partial charge < -0.3 is 24.1 Å². The van der Waals surface area contributed by atoms with Gasteiger partial charge in [0, 0.05) is 17.8 Å². The molecule has 0 spiro atoms. The monoisotopic (exact) mass is 367 g/mol. The molecule has 0 aliphatic carbocycles. The van der Waals surface area contributed by atoms with Crippen LogP contribution in [-0.4, -0.2) is 29.4 Å². The fraction of sp³-hybridized carbons (Fsp3) is 0.211. The minimum Gasteiger partial charge on any atom is -0.477 e. The molecule has 0 radical (unpaired) electrons. The van der Waals surface area contributed by atoms with E-state index in [2.05, 4.69) is 15.5 Å². The van der Waals surface area contributed by atoms with E-state index in [1.165, 1.54) is 0 Å². The predicted molar refractivity (Wildman–Crippen MR) is 94.6 cm³/mol. The molecule has 3 heterocycles. The van der Waals surface area contributed by atoms with Gasteiger partial charge in [0.25, 0.3) is 5.91 Å². The van der Waals surface area contributed by atoms with Crippen molar-refractivity contribution in [2.24, 2.45) is 0 Å². The zero-order valence-corrected chi connectivity index (χ0v) is 14.6. The Hall–Kier alpha value is -3.55. The molecule has 0 unspecified atom stereocenters. The van der Waals surface area contributed by atoms with Gasteiger partial charge in [0.15, 0.2) is 17.3 Å². The fourth-order valence-electron chi connectivity index (χ4n) is 2.66. The van der Waals surface area contributed by atoms with Crippen LogP contribution >= 0.6 is 0 Å². The van der Waals surface area contributed by atoms with Crippen LogP contribution in [0.4, 0.5) is 0 Å². The molecule has 0 fully saturated rings. The summed E-state index contributed by atoms with van der Waals surface area (Å²) >= 11 is 0. The average molecular weight is 367 g/mol. The number of carbonyl (C=O) groups is 1. The second-order valence-corrected chi connectivity index (χ2v) is 5.72. The topological polar surface area (TPSA) is 95.7 Å². The van der Waals surface area contributed by atoms with Crippen LogP contribution in [0.15, 0.2) is 47.1 Å². The van der Waals surface area contributed by atoms with E-state index in [0.29, 0.717) is 41.0 Å². The van der Waals surface area contributed by atoms with Crippen molar-refractivity contribution < 1.29 is 23.5 Å². The summed E-state index contributed by atoms with van der Waals surface area (Å²) in [5.74, 6) is 1.96. The molecule has 0 atom stereocenters. The Balaban J connectivity index is 1.43. The lowest BCUT2D eigenvalue weighted by Crippen LogP contribution is -2.24. The van der Waals surface area contributed by atoms with Crippen LogP contribution in [-0.2, 0) is 6.54 Å². The van der Waals surface area contributed by atoms with Crippen molar-refractivity contribution in [3.8, 4) is 28.7 Å². The third-order valence-corrected chi connectivity index (χ3v) is 3.94. The van der Waals surface area contributed by atoms with Crippen molar-refractivity contribution >= 4 is 5.91 Å². The Morgan fingerprint density at radius 3 is 3.00 bits per heavy atom. The van der Waals surface area contributed by atoms with Gasteiger partial charge in [-0.2, -0.15) is 0 Å². The summed E-state index contributed by atoms with van der Waals surface area (Å²) in [7, 11) is 0. The number of nitrogens with zero attached hydrogens (tertiary/aromatic N) is 2. The zero-order chi connectivity index (χ0) is 18.6. The van der Waals surface area contributed by atoms with Gasteiger partial charge in [-0.3, -0.25) is 4.79 Å². The normalized spacial score (nSPS) is 12.0. The molecule has 4 rings (SSSR count). The molecule has 1 amide bonds. The molecule has 1 aliphatic heterocycles. The van der Waals surface area contributed by atoms with Gasteiger partial charge in [-0.05, 0) is 37.3 Å². The van der Waals surface area contributed by atoms with E-state index in [4.69, 9.17) is 18.7 Å². The van der Waals surface area contributed by atoms with Gasteiger partial charge >= 0.3 is 0 Å². The highest BCUT2D eigenvalue weighted by Gasteiger charge is 2.17. The Kier molecular flexibility index (Phi) is 4.61. The number of hydrogen-bond acceptors (Lipinski definition) is 7. The van der Waals surface area contributed by atoms with Crippen LogP contribution in [0.3, 0.4) is 0 Å². The molecule has 1 aliphatic rings. The first-order valence-corrected chi connectivity index (χ1v) is 8.46. The molecule has 27 heavy (non-hydrogen) atoms. The van der Waals surface area contributed by atoms with E-state index in [9.17, 15) is 4.79 Å². The van der Waals surface area contributed by atoms with E-state index < -0.39 is 0 Å². The molecule has 0 saturated carbocycles. The number of rotatable bonds is 6. The van der Waals surface area contributed by atoms with Crippen LogP contribution in [0, 0.1) is 0 Å². The first-order chi connectivity index (χ1) is 13.2. The Bertz CT molecular complexity index is 969. The maximum absolute atomic E-state index is 12.4. The van der Waals surface area contributed by atoms with E-state index in [1.807, 2.05) is 25.1 Å². The molecule has 8 heteroatoms. The highest BCUT2D eigenvalue weighted by atomic mass is 16.7. The maximum Gasteiger partial charge on any atom is 0.257 e. The van der Waals surface area contributed by atoms with Crippen molar-refractivity contribution in [2.75, 3.05) is 13.4 Å². The van der Waals surface area contributed by atoms with E-state index in [-0.39, 0.29) is 19.2 Å². The largest absolute Gasteiger partial charge is 0.477 e. The molecule has 1 N–H and O–H groups in total. The highest BCUT2D eigenvalue weighted by Crippen LogP contribution is 2.36. The molecular weight excluding hydrogens is 350 g/mol. The molecule has 1 aromatic carbocycles. The number of amides is 1. The Morgan fingerprint density at radius 2 is 2.11 bits per heavy atom. The lowest BCUT2D eigenvalue weighted by Gasteiger charge is -2.08. The summed E-state index contributed by atoms with van der Waals surface area (Å²) < 4.78 is 21.4. The molecule has 138 valence electrons. The highest BCUT2D eigenvalue weighted by molar-refractivity contribution is 5.96. The minimum atomic E-state index is -0.292. The van der Waals surface area contributed by atoms with Crippen molar-refractivity contribution in [3.05, 3.63) is 53.9 Å². The van der Waals surface area contributed by atoms with Crippen molar-refractivity contribution in [1.82, 2.24) is 15.5 Å². The summed E-state index contributed by atoms with van der Waals surface area (Å²) in [5, 5.41) is 6.80. The summed E-state index contributed by atoms with van der Waals surface area (Å²) in [4.78, 5) is 16.5. The third-order valence-electron chi connectivity index (χ3n) is 3.94. The molecule has 0 bridgehead atoms. The minimum absolute atomic E-state index is 0.213. The van der Waals surface area contributed by atoms with E-state index in [0.717, 1.165) is 5.56 Å². The number of aromatic nitrogens is 2. The lowest BCUT2D eigenvalue weighted by molar-refractivity contribution is 0.0945. The first kappa shape index (κ1) is 16.9. The van der Waals surface area contributed by atoms with Crippen molar-refractivity contribution in [3.63, 3.8) is 0 Å². The van der Waals surface area contributed by atoms with Crippen LogP contribution in [0.1, 0.15) is 23.0 Å². The van der Waals surface area contributed by atoms with Gasteiger partial charge in [0.05, 0.1) is 13.2 Å². The smallest absolute Gasteiger partial charge is 0.257 e. The van der Waals surface area contributed by atoms with Gasteiger partial charge in [-0.25, -0.2) is 4.98 Å². The number of pyridine rings is 1. The molecular formula is C19H17N3O5. The molecule has 3 aromatic rings.